The molecule has 0 saturated carbocycles. The van der Waals surface area contributed by atoms with Gasteiger partial charge in [-0.1, -0.05) is 24.2 Å². The highest BCUT2D eigenvalue weighted by molar-refractivity contribution is 6.02. The maximum Gasteiger partial charge on any atom is 0.231 e. The summed E-state index contributed by atoms with van der Waals surface area (Å²) in [5.74, 6) is -1.31. The molecule has 20 heavy (non-hydrogen) atoms. The summed E-state index contributed by atoms with van der Waals surface area (Å²) in [4.78, 5) is 12.0. The van der Waals surface area contributed by atoms with Crippen LogP contribution in [0.1, 0.15) is 25.8 Å². The molecule has 0 saturated heterocycles. The van der Waals surface area contributed by atoms with Crippen molar-refractivity contribution < 1.29 is 14.4 Å². The first-order valence-corrected chi connectivity index (χ1v) is 6.50. The van der Waals surface area contributed by atoms with Gasteiger partial charge in [0.2, 0.25) is 5.91 Å². The summed E-state index contributed by atoms with van der Waals surface area (Å²) in [7, 11) is 0. The number of amidine groups is 1. The first-order chi connectivity index (χ1) is 9.47. The molecule has 5 nitrogen and oxygen atoms in total. The molecular formula is C14H20FN3O2. The average Bonchev–Trinajstić information content (AvgIpc) is 2.41. The van der Waals surface area contributed by atoms with Gasteiger partial charge < -0.3 is 16.3 Å². The highest BCUT2D eigenvalue weighted by atomic mass is 19.1. The Balaban J connectivity index is 2.59. The summed E-state index contributed by atoms with van der Waals surface area (Å²) in [5.41, 5.74) is 6.40. The summed E-state index contributed by atoms with van der Waals surface area (Å²) in [5, 5.41) is 14.3. The fourth-order valence-electron chi connectivity index (χ4n) is 1.97. The Hall–Kier alpha value is -2.11. The normalized spacial score (nSPS) is 14.7. The minimum atomic E-state index is -0.643. The van der Waals surface area contributed by atoms with Gasteiger partial charge in [0.15, 0.2) is 5.84 Å². The van der Waals surface area contributed by atoms with Gasteiger partial charge in [-0.05, 0) is 37.5 Å². The smallest absolute Gasteiger partial charge is 0.231 e. The van der Waals surface area contributed by atoms with Crippen molar-refractivity contribution in [1.29, 1.82) is 0 Å². The molecule has 0 heterocycles. The summed E-state index contributed by atoms with van der Waals surface area (Å²) in [6.07, 6.45) is 1.03. The second-order valence-corrected chi connectivity index (χ2v) is 4.73. The largest absolute Gasteiger partial charge is 0.409 e. The van der Waals surface area contributed by atoms with E-state index in [1.54, 1.807) is 19.1 Å². The van der Waals surface area contributed by atoms with Crippen LogP contribution in [0, 0.1) is 11.7 Å². The lowest BCUT2D eigenvalue weighted by molar-refractivity contribution is -0.123. The quantitative estimate of drug-likeness (QED) is 0.320. The molecule has 0 bridgehead atoms. The summed E-state index contributed by atoms with van der Waals surface area (Å²) < 4.78 is 12.8. The highest BCUT2D eigenvalue weighted by Crippen LogP contribution is 2.08. The Morgan fingerprint density at radius 2 is 2.05 bits per heavy atom. The van der Waals surface area contributed by atoms with Crippen molar-refractivity contribution in [3.63, 3.8) is 0 Å². The number of benzene rings is 1. The second kappa shape index (κ2) is 7.47. The van der Waals surface area contributed by atoms with Crippen molar-refractivity contribution in [2.75, 3.05) is 0 Å². The van der Waals surface area contributed by atoms with Crippen molar-refractivity contribution in [2.45, 2.75) is 32.7 Å². The van der Waals surface area contributed by atoms with Gasteiger partial charge >= 0.3 is 0 Å². The number of halogens is 1. The van der Waals surface area contributed by atoms with E-state index in [-0.39, 0.29) is 23.6 Å². The van der Waals surface area contributed by atoms with E-state index in [0.29, 0.717) is 12.8 Å². The zero-order chi connectivity index (χ0) is 15.1. The zero-order valence-corrected chi connectivity index (χ0v) is 11.6. The molecule has 0 spiro atoms. The Morgan fingerprint density at radius 3 is 2.55 bits per heavy atom. The minimum Gasteiger partial charge on any atom is -0.409 e. The predicted molar refractivity (Wildman–Crippen MR) is 74.9 cm³/mol. The number of hydrogen-bond acceptors (Lipinski definition) is 3. The molecule has 4 N–H and O–H groups in total. The summed E-state index contributed by atoms with van der Waals surface area (Å²) in [6.45, 7) is 3.63. The Labute approximate surface area is 117 Å². The number of carbonyl (C=O) groups excluding carboxylic acids is 1. The van der Waals surface area contributed by atoms with Crippen molar-refractivity contribution in [1.82, 2.24) is 5.32 Å². The molecule has 0 aliphatic rings. The number of oxime groups is 1. The number of nitrogens with two attached hydrogens (primary N) is 1. The predicted octanol–water partition coefficient (Wildman–Crippen LogP) is 1.65. The number of amides is 1. The molecule has 0 fully saturated rings. The number of nitrogens with one attached hydrogen (secondary N) is 1. The SMILES string of the molecule is CCC(C(=O)NC(C)Cc1ccc(F)cc1)C(N)=NO. The molecule has 1 rings (SSSR count). The van der Waals surface area contributed by atoms with E-state index in [1.807, 2.05) is 6.92 Å². The van der Waals surface area contributed by atoms with E-state index in [0.717, 1.165) is 5.56 Å². The van der Waals surface area contributed by atoms with Crippen LogP contribution in [0.15, 0.2) is 29.4 Å². The van der Waals surface area contributed by atoms with Gasteiger partial charge in [0.05, 0.1) is 5.92 Å². The van der Waals surface area contributed by atoms with Crippen molar-refractivity contribution >= 4 is 11.7 Å². The van der Waals surface area contributed by atoms with Gasteiger partial charge in [0.1, 0.15) is 5.82 Å². The molecule has 2 atom stereocenters. The van der Waals surface area contributed by atoms with Crippen LogP contribution in [0.25, 0.3) is 0 Å². The number of nitrogens with zero attached hydrogens (tertiary/aromatic N) is 1. The van der Waals surface area contributed by atoms with Gasteiger partial charge in [0.25, 0.3) is 0 Å². The molecular weight excluding hydrogens is 261 g/mol. The minimum absolute atomic E-state index is 0.0982. The second-order valence-electron chi connectivity index (χ2n) is 4.73. The van der Waals surface area contributed by atoms with Crippen LogP contribution in [0.2, 0.25) is 0 Å². The number of rotatable bonds is 6. The zero-order valence-electron chi connectivity index (χ0n) is 11.6. The van der Waals surface area contributed by atoms with Crippen LogP contribution in [0.4, 0.5) is 4.39 Å². The van der Waals surface area contributed by atoms with Gasteiger partial charge in [-0.2, -0.15) is 0 Å². The molecule has 1 aromatic rings. The maximum atomic E-state index is 12.8. The maximum absolute atomic E-state index is 12.8. The Kier molecular flexibility index (Phi) is 5.96. The topological polar surface area (TPSA) is 87.7 Å². The van der Waals surface area contributed by atoms with E-state index in [4.69, 9.17) is 10.9 Å². The molecule has 110 valence electrons. The van der Waals surface area contributed by atoms with Crippen molar-refractivity contribution in [3.05, 3.63) is 35.6 Å². The Bertz CT molecular complexity index is 474. The van der Waals surface area contributed by atoms with E-state index >= 15 is 0 Å². The lowest BCUT2D eigenvalue weighted by Gasteiger charge is -2.18. The van der Waals surface area contributed by atoms with Crippen LogP contribution >= 0.6 is 0 Å². The molecule has 0 aliphatic carbocycles. The van der Waals surface area contributed by atoms with Crippen LogP contribution in [0.3, 0.4) is 0 Å². The molecule has 2 unspecified atom stereocenters. The van der Waals surface area contributed by atoms with Crippen molar-refractivity contribution in [2.24, 2.45) is 16.8 Å². The third kappa shape index (κ3) is 4.53. The molecule has 1 amide bonds. The molecule has 0 aliphatic heterocycles. The van der Waals surface area contributed by atoms with E-state index in [9.17, 15) is 9.18 Å². The fourth-order valence-corrected chi connectivity index (χ4v) is 1.97. The fraction of sp³-hybridized carbons (Fsp3) is 0.429. The van der Waals surface area contributed by atoms with E-state index < -0.39 is 5.92 Å². The third-order valence-corrected chi connectivity index (χ3v) is 3.04. The van der Waals surface area contributed by atoms with Crippen LogP contribution in [-0.2, 0) is 11.2 Å². The molecule has 0 aromatic heterocycles. The Morgan fingerprint density at radius 1 is 1.45 bits per heavy atom. The van der Waals surface area contributed by atoms with Gasteiger partial charge in [-0.15, -0.1) is 0 Å². The van der Waals surface area contributed by atoms with Crippen LogP contribution < -0.4 is 11.1 Å². The number of hydrogen-bond donors (Lipinski definition) is 3. The first-order valence-electron chi connectivity index (χ1n) is 6.50. The first kappa shape index (κ1) is 15.9. The van der Waals surface area contributed by atoms with E-state index in [1.165, 1.54) is 12.1 Å². The lowest BCUT2D eigenvalue weighted by atomic mass is 10.0. The summed E-state index contributed by atoms with van der Waals surface area (Å²) in [6, 6.07) is 6.00. The average molecular weight is 281 g/mol. The summed E-state index contributed by atoms with van der Waals surface area (Å²) >= 11 is 0. The molecule has 1 aromatic carbocycles. The van der Waals surface area contributed by atoms with Gasteiger partial charge in [-0.3, -0.25) is 4.79 Å². The molecule has 0 radical (unpaired) electrons. The number of carbonyl (C=O) groups is 1. The monoisotopic (exact) mass is 281 g/mol. The van der Waals surface area contributed by atoms with Gasteiger partial charge in [0, 0.05) is 6.04 Å². The van der Waals surface area contributed by atoms with E-state index in [2.05, 4.69) is 10.5 Å². The van der Waals surface area contributed by atoms with Gasteiger partial charge in [-0.25, -0.2) is 4.39 Å². The van der Waals surface area contributed by atoms with Crippen molar-refractivity contribution in [3.8, 4) is 0 Å². The van der Waals surface area contributed by atoms with Crippen LogP contribution in [0.5, 0.6) is 0 Å². The lowest BCUT2D eigenvalue weighted by Crippen LogP contribution is -2.43. The highest BCUT2D eigenvalue weighted by Gasteiger charge is 2.22. The third-order valence-electron chi connectivity index (χ3n) is 3.04. The standard InChI is InChI=1S/C14H20FN3O2/c1-3-12(13(16)18-20)14(19)17-9(2)8-10-4-6-11(15)7-5-10/h4-7,9,12,20H,3,8H2,1-2H3,(H2,16,18)(H,17,19). The van der Waals surface area contributed by atoms with Crippen LogP contribution in [-0.4, -0.2) is 23.0 Å². The molecule has 6 heteroatoms.